The van der Waals surface area contributed by atoms with Crippen LogP contribution in [0.15, 0.2) is 53.3 Å². The summed E-state index contributed by atoms with van der Waals surface area (Å²) in [6.07, 6.45) is 4.07. The molecule has 2 atom stereocenters. The number of piperidine rings is 1. The van der Waals surface area contributed by atoms with Crippen molar-refractivity contribution in [3.8, 4) is 16.9 Å². The molecule has 4 aromatic rings. The maximum Gasteiger partial charge on any atom is 0.229 e. The van der Waals surface area contributed by atoms with Gasteiger partial charge in [-0.2, -0.15) is 10.1 Å². The van der Waals surface area contributed by atoms with Crippen molar-refractivity contribution >= 4 is 57.2 Å². The molecule has 232 valence electrons. The van der Waals surface area contributed by atoms with E-state index in [-0.39, 0.29) is 6.04 Å². The molecule has 2 N–H and O–H groups in total. The van der Waals surface area contributed by atoms with Crippen molar-refractivity contribution < 1.29 is 13.7 Å². The molecule has 10 nitrogen and oxygen atoms in total. The molecule has 2 aliphatic heterocycles. The van der Waals surface area contributed by atoms with E-state index in [4.69, 9.17) is 9.72 Å². The minimum atomic E-state index is -2.54. The van der Waals surface area contributed by atoms with Crippen LogP contribution in [0.4, 0.5) is 33.2 Å². The zero-order chi connectivity index (χ0) is 31.2. The van der Waals surface area contributed by atoms with Gasteiger partial charge in [0, 0.05) is 73.2 Å². The molecule has 1 saturated heterocycles. The Morgan fingerprint density at radius 2 is 1.86 bits per heavy atom. The topological polar surface area (TPSA) is 100 Å². The van der Waals surface area contributed by atoms with Gasteiger partial charge in [0.15, 0.2) is 0 Å². The maximum absolute atomic E-state index is 15.5. The normalized spacial score (nSPS) is 18.8. The number of hydrogen-bond acceptors (Lipinski definition) is 9. The summed E-state index contributed by atoms with van der Waals surface area (Å²) in [6.45, 7) is 5.43. The smallest absolute Gasteiger partial charge is 0.229 e. The summed E-state index contributed by atoms with van der Waals surface area (Å²) in [4.78, 5) is 13.5. The molecule has 0 spiro atoms. The van der Waals surface area contributed by atoms with E-state index in [2.05, 4.69) is 46.4 Å². The predicted molar refractivity (Wildman–Crippen MR) is 179 cm³/mol. The highest BCUT2D eigenvalue weighted by molar-refractivity contribution is 9.10. The van der Waals surface area contributed by atoms with Gasteiger partial charge in [0.25, 0.3) is 0 Å². The molecule has 6 rings (SSSR count). The fraction of sp³-hybridized carbons (Fsp3) is 0.387. The van der Waals surface area contributed by atoms with Gasteiger partial charge in [-0.15, -0.1) is 0 Å². The number of para-hydroxylation sites is 1. The van der Waals surface area contributed by atoms with Crippen molar-refractivity contribution in [2.75, 3.05) is 62.7 Å². The van der Waals surface area contributed by atoms with E-state index < -0.39 is 13.3 Å². The lowest BCUT2D eigenvalue weighted by molar-refractivity contribution is 0.136. The Morgan fingerprint density at radius 1 is 1.07 bits per heavy atom. The average molecular weight is 684 g/mol. The van der Waals surface area contributed by atoms with E-state index in [9.17, 15) is 4.57 Å². The molecule has 4 heterocycles. The Morgan fingerprint density at radius 3 is 2.61 bits per heavy atom. The highest BCUT2D eigenvalue weighted by Crippen LogP contribution is 2.45. The number of benzene rings is 2. The summed E-state index contributed by atoms with van der Waals surface area (Å²) >= 11 is 3.55. The molecule has 0 aliphatic carbocycles. The fourth-order valence-electron chi connectivity index (χ4n) is 6.17. The number of hydrogen-bond donors (Lipinski definition) is 2. The lowest BCUT2D eigenvalue weighted by Gasteiger charge is -2.41. The van der Waals surface area contributed by atoms with E-state index in [0.717, 1.165) is 52.9 Å². The van der Waals surface area contributed by atoms with Gasteiger partial charge in [0.1, 0.15) is 24.9 Å². The number of nitrogens with one attached hydrogen (secondary N) is 2. The standard InChI is InChI=1S/C31H37BrFN8O2P/c1-39-12-10-26(22(33)18-39)41-13-11-25-20(16-35-40(25)2)19-14-24(28(43-3)15-27(19)41)37-31-34-17-21(32)30(38-31)36-23-8-6-7-9-29(23)44(4,5)42/h6-9,14-17,22,26H,10-13,18H2,1-5H3,(H2,34,36,37,38)/t22-,26-/m1/s1. The third kappa shape index (κ3) is 5.95. The van der Waals surface area contributed by atoms with Gasteiger partial charge in [0.05, 0.1) is 35.2 Å². The highest BCUT2D eigenvalue weighted by atomic mass is 79.9. The molecule has 0 saturated carbocycles. The Balaban J connectivity index is 1.39. The van der Waals surface area contributed by atoms with Crippen LogP contribution < -0.4 is 25.6 Å². The van der Waals surface area contributed by atoms with E-state index in [1.54, 1.807) is 26.6 Å². The lowest BCUT2D eigenvalue weighted by Crippen LogP contribution is -2.52. The number of aryl methyl sites for hydroxylation is 1. The number of alkyl halides is 1. The summed E-state index contributed by atoms with van der Waals surface area (Å²) in [5.74, 6) is 1.46. The first kappa shape index (κ1) is 30.6. The third-order valence-electron chi connectivity index (χ3n) is 8.41. The SMILES string of the molecule is COc1cc2c(cc1Nc1ncc(Br)c(Nc3ccccc3P(C)(C)=O)n1)-c1cnn(C)c1CCN2[C@@H]1CCN(C)C[C@H]1F. The minimum absolute atomic E-state index is 0.233. The molecule has 0 radical (unpaired) electrons. The quantitative estimate of drug-likeness (QED) is 0.235. The number of aromatic nitrogens is 4. The van der Waals surface area contributed by atoms with Gasteiger partial charge in [-0.05, 0) is 60.9 Å². The Bertz CT molecular complexity index is 1740. The van der Waals surface area contributed by atoms with Gasteiger partial charge in [0.2, 0.25) is 5.95 Å². The van der Waals surface area contributed by atoms with E-state index in [1.807, 2.05) is 61.4 Å². The number of fused-ring (bicyclic) bond motifs is 3. The molecule has 2 aromatic carbocycles. The third-order valence-corrected chi connectivity index (χ3v) is 10.5. The molecule has 0 bridgehead atoms. The number of halogens is 2. The monoisotopic (exact) mass is 682 g/mol. The second-order valence-electron chi connectivity index (χ2n) is 11.8. The van der Waals surface area contributed by atoms with Crippen molar-refractivity contribution in [3.05, 3.63) is 59.0 Å². The second-order valence-corrected chi connectivity index (χ2v) is 15.8. The summed E-state index contributed by atoms with van der Waals surface area (Å²) in [5, 5.41) is 12.0. The van der Waals surface area contributed by atoms with Gasteiger partial charge in [-0.1, -0.05) is 12.1 Å². The molecule has 44 heavy (non-hydrogen) atoms. The van der Waals surface area contributed by atoms with Crippen LogP contribution in [0, 0.1) is 0 Å². The van der Waals surface area contributed by atoms with Crippen LogP contribution in [0.1, 0.15) is 12.1 Å². The molecule has 1 fully saturated rings. The van der Waals surface area contributed by atoms with Gasteiger partial charge >= 0.3 is 0 Å². The summed E-state index contributed by atoms with van der Waals surface area (Å²) in [5.41, 5.74) is 5.38. The van der Waals surface area contributed by atoms with Crippen LogP contribution in [0.25, 0.3) is 11.1 Å². The zero-order valence-electron chi connectivity index (χ0n) is 25.5. The van der Waals surface area contributed by atoms with Crippen molar-refractivity contribution in [2.45, 2.75) is 25.1 Å². The van der Waals surface area contributed by atoms with Crippen molar-refractivity contribution in [3.63, 3.8) is 0 Å². The maximum atomic E-state index is 15.5. The molecular weight excluding hydrogens is 646 g/mol. The molecule has 2 aromatic heterocycles. The molecule has 13 heteroatoms. The van der Waals surface area contributed by atoms with Crippen LogP contribution in [0.2, 0.25) is 0 Å². The van der Waals surface area contributed by atoms with Crippen molar-refractivity contribution in [2.24, 2.45) is 7.05 Å². The average Bonchev–Trinajstić information content (AvgIpc) is 3.27. The number of anilines is 5. The number of likely N-dealkylation sites (tertiary alicyclic amines) is 1. The zero-order valence-corrected chi connectivity index (χ0v) is 28.0. The first-order chi connectivity index (χ1) is 21.0. The van der Waals surface area contributed by atoms with Gasteiger partial charge < -0.3 is 29.7 Å². The van der Waals surface area contributed by atoms with E-state index in [0.29, 0.717) is 40.8 Å². The van der Waals surface area contributed by atoms with Gasteiger partial charge in [-0.25, -0.2) is 9.37 Å². The van der Waals surface area contributed by atoms with Crippen LogP contribution in [-0.2, 0) is 18.0 Å². The Kier molecular flexibility index (Phi) is 8.43. The lowest BCUT2D eigenvalue weighted by atomic mass is 9.98. The summed E-state index contributed by atoms with van der Waals surface area (Å²) < 4.78 is 36.9. The molecule has 0 amide bonds. The van der Waals surface area contributed by atoms with Crippen LogP contribution in [0.3, 0.4) is 0 Å². The molecule has 0 unspecified atom stereocenters. The molecular formula is C31H37BrFN8O2P. The Hall–Kier alpha value is -3.47. The fourth-order valence-corrected chi connectivity index (χ4v) is 7.62. The first-order valence-corrected chi connectivity index (χ1v) is 18.0. The largest absolute Gasteiger partial charge is 0.494 e. The van der Waals surface area contributed by atoms with Crippen LogP contribution in [-0.4, -0.2) is 84.0 Å². The van der Waals surface area contributed by atoms with E-state index in [1.165, 1.54) is 0 Å². The molecule has 2 aliphatic rings. The van der Waals surface area contributed by atoms with Crippen molar-refractivity contribution in [1.82, 2.24) is 24.6 Å². The summed E-state index contributed by atoms with van der Waals surface area (Å²) in [7, 11) is 3.00. The van der Waals surface area contributed by atoms with Gasteiger partial charge in [-0.3, -0.25) is 4.68 Å². The number of nitrogens with zero attached hydrogens (tertiary/aromatic N) is 6. The minimum Gasteiger partial charge on any atom is -0.494 e. The van der Waals surface area contributed by atoms with Crippen molar-refractivity contribution in [1.29, 1.82) is 0 Å². The number of methoxy groups -OCH3 is 1. The predicted octanol–water partition coefficient (Wildman–Crippen LogP) is 5.79. The van der Waals surface area contributed by atoms with Crippen LogP contribution >= 0.6 is 23.1 Å². The van der Waals surface area contributed by atoms with E-state index >= 15 is 4.39 Å². The summed E-state index contributed by atoms with van der Waals surface area (Å²) in [6, 6.07) is 11.3. The first-order valence-electron chi connectivity index (χ1n) is 14.6. The number of ether oxygens (including phenoxy) is 1. The highest BCUT2D eigenvalue weighted by Gasteiger charge is 2.36. The van der Waals surface area contributed by atoms with Crippen LogP contribution in [0.5, 0.6) is 5.75 Å². The Labute approximate surface area is 265 Å². The number of rotatable bonds is 7. The second kappa shape index (κ2) is 12.1.